The van der Waals surface area contributed by atoms with Crippen molar-refractivity contribution in [3.63, 3.8) is 0 Å². The van der Waals surface area contributed by atoms with Crippen LogP contribution < -0.4 is 16.8 Å². The van der Waals surface area contributed by atoms with Gasteiger partial charge in [0.05, 0.1) is 5.69 Å². The van der Waals surface area contributed by atoms with Gasteiger partial charge in [0.25, 0.3) is 0 Å². The third kappa shape index (κ3) is 3.85. The molecule has 114 valence electrons. The predicted octanol–water partition coefficient (Wildman–Crippen LogP) is 1.33. The van der Waals surface area contributed by atoms with Gasteiger partial charge in [0, 0.05) is 25.2 Å². The van der Waals surface area contributed by atoms with Crippen LogP contribution in [0.25, 0.3) is 0 Å². The maximum atomic E-state index is 5.71. The summed E-state index contributed by atoms with van der Waals surface area (Å²) in [5.74, 6) is 0.740. The van der Waals surface area contributed by atoms with E-state index in [9.17, 15) is 0 Å². The maximum Gasteiger partial charge on any atom is 0.197 e. The van der Waals surface area contributed by atoms with Crippen LogP contribution in [-0.2, 0) is 13.6 Å². The van der Waals surface area contributed by atoms with E-state index in [-0.39, 0.29) is 0 Å². The van der Waals surface area contributed by atoms with E-state index in [1.165, 1.54) is 11.8 Å². The Kier molecular flexibility index (Phi) is 5.03. The van der Waals surface area contributed by atoms with Gasteiger partial charge in [-0.2, -0.15) is 5.10 Å². The number of hydrogen-bond donors (Lipinski definition) is 3. The Morgan fingerprint density at radius 2 is 1.95 bits per heavy atom. The van der Waals surface area contributed by atoms with E-state index in [0.29, 0.717) is 16.8 Å². The fourth-order valence-corrected chi connectivity index (χ4v) is 2.99. The van der Waals surface area contributed by atoms with Crippen LogP contribution in [0.3, 0.4) is 0 Å². The summed E-state index contributed by atoms with van der Waals surface area (Å²) in [5, 5.41) is 9.40. The minimum Gasteiger partial charge on any atom is -0.383 e. The molecule has 2 rings (SSSR count). The van der Waals surface area contributed by atoms with Crippen LogP contribution in [-0.4, -0.2) is 26.3 Å². The number of nitrogens with zero attached hydrogens (tertiary/aromatic N) is 4. The van der Waals surface area contributed by atoms with Crippen molar-refractivity contribution in [1.82, 2.24) is 25.1 Å². The average Bonchev–Trinajstić information content (AvgIpc) is 2.64. The molecule has 0 bridgehead atoms. The first-order valence-corrected chi connectivity index (χ1v) is 7.64. The van der Waals surface area contributed by atoms with E-state index in [1.807, 2.05) is 18.7 Å². The zero-order valence-corrected chi connectivity index (χ0v) is 13.4. The molecule has 2 aromatic rings. The van der Waals surface area contributed by atoms with Crippen molar-refractivity contribution in [1.29, 1.82) is 0 Å². The minimum absolute atomic E-state index is 0.370. The smallest absolute Gasteiger partial charge is 0.197 e. The first kappa shape index (κ1) is 15.6. The van der Waals surface area contributed by atoms with Crippen LogP contribution >= 0.6 is 11.8 Å². The molecule has 0 aliphatic heterocycles. The Morgan fingerprint density at radius 1 is 1.29 bits per heavy atom. The highest BCUT2D eigenvalue weighted by molar-refractivity contribution is 7.99. The lowest BCUT2D eigenvalue weighted by molar-refractivity contribution is 0.652. The summed E-state index contributed by atoms with van der Waals surface area (Å²) < 4.78 is 1.84. The molecule has 0 saturated carbocycles. The van der Waals surface area contributed by atoms with Crippen molar-refractivity contribution in [3.8, 4) is 0 Å². The third-order valence-electron chi connectivity index (χ3n) is 2.95. The fraction of sp³-hybridized carbons (Fsp3) is 0.462. The molecular weight excluding hydrogens is 286 g/mol. The van der Waals surface area contributed by atoms with Crippen molar-refractivity contribution < 1.29 is 0 Å². The number of hydrogen-bond acceptors (Lipinski definition) is 7. The number of nitrogen functional groups attached to an aromatic ring is 2. The Labute approximate surface area is 128 Å². The Hall–Kier alpha value is -1.80. The number of rotatable bonds is 6. The lowest BCUT2D eigenvalue weighted by Crippen LogP contribution is -2.14. The number of nitrogens with two attached hydrogens (primary N) is 2. The van der Waals surface area contributed by atoms with Crippen LogP contribution in [0.4, 0.5) is 11.6 Å². The topological polar surface area (TPSA) is 108 Å². The summed E-state index contributed by atoms with van der Waals surface area (Å²) in [4.78, 5) is 8.41. The lowest BCUT2D eigenvalue weighted by atomic mass is 10.2. The zero-order valence-electron chi connectivity index (χ0n) is 12.6. The summed E-state index contributed by atoms with van der Waals surface area (Å²) in [6.45, 7) is 5.89. The second-order valence-corrected chi connectivity index (χ2v) is 5.73. The Bertz CT molecular complexity index is 603. The first-order valence-electron chi connectivity index (χ1n) is 6.82. The molecule has 2 aromatic heterocycles. The van der Waals surface area contributed by atoms with Gasteiger partial charge < -0.3 is 16.8 Å². The molecule has 0 saturated heterocycles. The van der Waals surface area contributed by atoms with Gasteiger partial charge in [-0.1, -0.05) is 6.92 Å². The van der Waals surface area contributed by atoms with Crippen LogP contribution in [0, 0.1) is 6.92 Å². The van der Waals surface area contributed by atoms with Crippen molar-refractivity contribution in [2.75, 3.05) is 18.0 Å². The van der Waals surface area contributed by atoms with E-state index >= 15 is 0 Å². The van der Waals surface area contributed by atoms with Crippen molar-refractivity contribution in [2.45, 2.75) is 37.0 Å². The second kappa shape index (κ2) is 6.77. The summed E-state index contributed by atoms with van der Waals surface area (Å²) in [6.07, 6.45) is 1.09. The number of nitrogens with one attached hydrogen (secondary N) is 1. The van der Waals surface area contributed by atoms with Crippen molar-refractivity contribution in [3.05, 3.63) is 17.3 Å². The predicted molar refractivity (Wildman–Crippen MR) is 84.9 cm³/mol. The SMILES string of the molecule is CCCNCc1c(C)nn(C)c1Sc1nc(N)cc(N)n1. The first-order chi connectivity index (χ1) is 10.0. The summed E-state index contributed by atoms with van der Waals surface area (Å²) in [6, 6.07) is 1.54. The fourth-order valence-electron chi connectivity index (χ4n) is 2.00. The van der Waals surface area contributed by atoms with E-state index in [4.69, 9.17) is 11.5 Å². The van der Waals surface area contributed by atoms with Crippen molar-refractivity contribution >= 4 is 23.4 Å². The van der Waals surface area contributed by atoms with Crippen molar-refractivity contribution in [2.24, 2.45) is 7.05 Å². The molecule has 0 aliphatic rings. The molecule has 5 N–H and O–H groups in total. The molecule has 0 radical (unpaired) electrons. The van der Waals surface area contributed by atoms with Gasteiger partial charge in [-0.05, 0) is 31.7 Å². The highest BCUT2D eigenvalue weighted by Gasteiger charge is 2.16. The number of aryl methyl sites for hydroxylation is 2. The number of aromatic nitrogens is 4. The highest BCUT2D eigenvalue weighted by atomic mass is 32.2. The van der Waals surface area contributed by atoms with Crippen LogP contribution in [0.15, 0.2) is 16.2 Å². The van der Waals surface area contributed by atoms with Gasteiger partial charge in [-0.3, -0.25) is 4.68 Å². The molecule has 0 aromatic carbocycles. The normalized spacial score (nSPS) is 11.0. The summed E-state index contributed by atoms with van der Waals surface area (Å²) in [7, 11) is 1.91. The van der Waals surface area contributed by atoms with Gasteiger partial charge in [0.1, 0.15) is 16.7 Å². The van der Waals surface area contributed by atoms with E-state index in [1.54, 1.807) is 6.07 Å². The standard InChI is InChI=1S/C13H21N7S/c1-4-5-16-7-9-8(2)19-20(3)12(9)21-13-17-10(14)6-11(15)18-13/h6,16H,4-5,7H2,1-3H3,(H4,14,15,17,18). The lowest BCUT2D eigenvalue weighted by Gasteiger charge is -2.07. The molecule has 0 fully saturated rings. The van der Waals surface area contributed by atoms with Gasteiger partial charge in [-0.15, -0.1) is 0 Å². The zero-order chi connectivity index (χ0) is 15.4. The van der Waals surface area contributed by atoms with Crippen LogP contribution in [0.5, 0.6) is 0 Å². The van der Waals surface area contributed by atoms with E-state index < -0.39 is 0 Å². The van der Waals surface area contributed by atoms with Crippen LogP contribution in [0.1, 0.15) is 24.6 Å². The molecule has 0 aliphatic carbocycles. The molecule has 0 amide bonds. The summed E-state index contributed by atoms with van der Waals surface area (Å²) in [5.41, 5.74) is 13.6. The van der Waals surface area contributed by atoms with Gasteiger partial charge in [0.2, 0.25) is 0 Å². The largest absolute Gasteiger partial charge is 0.383 e. The minimum atomic E-state index is 0.370. The highest BCUT2D eigenvalue weighted by Crippen LogP contribution is 2.30. The Morgan fingerprint density at radius 3 is 2.57 bits per heavy atom. The molecule has 2 heterocycles. The molecule has 8 heteroatoms. The third-order valence-corrected chi connectivity index (χ3v) is 4.02. The molecular formula is C13H21N7S. The van der Waals surface area contributed by atoms with Crippen LogP contribution in [0.2, 0.25) is 0 Å². The molecule has 0 atom stereocenters. The van der Waals surface area contributed by atoms with Gasteiger partial charge in [-0.25, -0.2) is 9.97 Å². The van der Waals surface area contributed by atoms with Gasteiger partial charge in [0.15, 0.2) is 5.16 Å². The molecule has 7 nitrogen and oxygen atoms in total. The second-order valence-electron chi connectivity index (χ2n) is 4.77. The Balaban J connectivity index is 2.26. The quantitative estimate of drug-likeness (QED) is 0.546. The van der Waals surface area contributed by atoms with Gasteiger partial charge >= 0.3 is 0 Å². The molecule has 21 heavy (non-hydrogen) atoms. The van der Waals surface area contributed by atoms with E-state index in [0.717, 1.165) is 35.8 Å². The molecule has 0 spiro atoms. The maximum absolute atomic E-state index is 5.71. The average molecular weight is 307 g/mol. The number of anilines is 2. The van der Waals surface area contributed by atoms with E-state index in [2.05, 4.69) is 27.3 Å². The summed E-state index contributed by atoms with van der Waals surface area (Å²) >= 11 is 1.43. The monoisotopic (exact) mass is 307 g/mol. The molecule has 0 unspecified atom stereocenters.